The number of rotatable bonds is 8. The quantitative estimate of drug-likeness (QED) is 0.521. The van der Waals surface area contributed by atoms with Crippen LogP contribution in [0.15, 0.2) is 29.1 Å². The van der Waals surface area contributed by atoms with Gasteiger partial charge in [0.25, 0.3) is 5.56 Å². The van der Waals surface area contributed by atoms with Crippen LogP contribution in [0.2, 0.25) is 0 Å². The molecule has 1 atom stereocenters. The van der Waals surface area contributed by atoms with Crippen molar-refractivity contribution in [1.82, 2.24) is 15.2 Å². The fourth-order valence-corrected chi connectivity index (χ4v) is 3.82. The van der Waals surface area contributed by atoms with Crippen molar-refractivity contribution in [1.29, 1.82) is 0 Å². The zero-order chi connectivity index (χ0) is 19.9. The first-order chi connectivity index (χ1) is 13.6. The molecule has 1 aromatic carbocycles. The Morgan fingerprint density at radius 2 is 2.21 bits per heavy atom. The van der Waals surface area contributed by atoms with Crippen LogP contribution in [-0.4, -0.2) is 40.8 Å². The number of thiocarbonyl (C=S) groups is 1. The first-order valence-electron chi connectivity index (χ1n) is 10.4. The van der Waals surface area contributed by atoms with Crippen LogP contribution in [0.1, 0.15) is 50.7 Å². The molecule has 0 unspecified atom stereocenters. The highest BCUT2D eigenvalue weighted by molar-refractivity contribution is 7.80. The summed E-state index contributed by atoms with van der Waals surface area (Å²) in [6.45, 7) is 7.16. The number of benzene rings is 1. The van der Waals surface area contributed by atoms with E-state index in [1.54, 1.807) is 0 Å². The number of pyridine rings is 1. The molecule has 2 aromatic rings. The lowest BCUT2D eigenvalue weighted by Crippen LogP contribution is -2.44. The van der Waals surface area contributed by atoms with Crippen molar-refractivity contribution in [2.45, 2.75) is 58.6 Å². The third-order valence-corrected chi connectivity index (χ3v) is 5.70. The molecule has 5 nitrogen and oxygen atoms in total. The maximum atomic E-state index is 12.7. The van der Waals surface area contributed by atoms with Gasteiger partial charge in [-0.3, -0.25) is 4.79 Å². The second-order valence-corrected chi connectivity index (χ2v) is 7.89. The van der Waals surface area contributed by atoms with Crippen molar-refractivity contribution in [3.63, 3.8) is 0 Å². The molecule has 0 bridgehead atoms. The van der Waals surface area contributed by atoms with E-state index in [0.29, 0.717) is 18.2 Å². The van der Waals surface area contributed by atoms with Gasteiger partial charge >= 0.3 is 0 Å². The highest BCUT2D eigenvalue weighted by atomic mass is 32.1. The number of ether oxygens (including phenoxy) is 1. The smallest absolute Gasteiger partial charge is 0.253 e. The fourth-order valence-electron chi connectivity index (χ4n) is 3.58. The number of aromatic amines is 1. The fraction of sp³-hybridized carbons (Fsp3) is 0.545. The predicted octanol–water partition coefficient (Wildman–Crippen LogP) is 3.75. The molecule has 0 aliphatic carbocycles. The summed E-state index contributed by atoms with van der Waals surface area (Å²) in [5, 5.41) is 5.11. The number of fused-ring (bicyclic) bond motifs is 1. The van der Waals surface area contributed by atoms with E-state index in [2.05, 4.69) is 41.2 Å². The van der Waals surface area contributed by atoms with Crippen LogP contribution in [0.25, 0.3) is 10.9 Å². The van der Waals surface area contributed by atoms with Crippen LogP contribution in [0, 0.1) is 0 Å². The number of nitrogens with one attached hydrogen (secondary N) is 2. The number of aryl methyl sites for hydroxylation is 1. The average Bonchev–Trinajstić information content (AvgIpc) is 3.21. The monoisotopic (exact) mass is 401 g/mol. The largest absolute Gasteiger partial charge is 0.376 e. The molecule has 0 radical (unpaired) electrons. The van der Waals surface area contributed by atoms with E-state index in [1.165, 1.54) is 5.56 Å². The van der Waals surface area contributed by atoms with Crippen molar-refractivity contribution >= 4 is 28.2 Å². The van der Waals surface area contributed by atoms with E-state index in [0.717, 1.165) is 61.7 Å². The Morgan fingerprint density at radius 3 is 2.93 bits per heavy atom. The Bertz CT molecular complexity index is 858. The lowest BCUT2D eigenvalue weighted by Gasteiger charge is -2.28. The van der Waals surface area contributed by atoms with Crippen molar-refractivity contribution in [2.75, 3.05) is 19.7 Å². The molecule has 0 amide bonds. The highest BCUT2D eigenvalue weighted by Crippen LogP contribution is 2.17. The number of hydrogen-bond acceptors (Lipinski definition) is 3. The van der Waals surface area contributed by atoms with Gasteiger partial charge in [-0.2, -0.15) is 0 Å². The lowest BCUT2D eigenvalue weighted by molar-refractivity contribution is 0.0897. The van der Waals surface area contributed by atoms with Crippen molar-refractivity contribution in [2.24, 2.45) is 0 Å². The van der Waals surface area contributed by atoms with Crippen LogP contribution < -0.4 is 10.9 Å². The van der Waals surface area contributed by atoms with Gasteiger partial charge in [-0.25, -0.2) is 0 Å². The average molecular weight is 402 g/mol. The molecule has 0 spiro atoms. The van der Waals surface area contributed by atoms with Gasteiger partial charge in [0.2, 0.25) is 0 Å². The minimum atomic E-state index is -0.0505. The summed E-state index contributed by atoms with van der Waals surface area (Å²) in [4.78, 5) is 17.8. The molecule has 1 aliphatic heterocycles. The van der Waals surface area contributed by atoms with Crippen LogP contribution in [-0.2, 0) is 17.7 Å². The first-order valence-corrected chi connectivity index (χ1v) is 10.8. The Balaban J connectivity index is 1.82. The molecule has 2 N–H and O–H groups in total. The number of unbranched alkanes of at least 4 members (excludes halogenated alkanes) is 1. The van der Waals surface area contributed by atoms with Crippen LogP contribution in [0.5, 0.6) is 0 Å². The minimum absolute atomic E-state index is 0.0505. The summed E-state index contributed by atoms with van der Waals surface area (Å²) >= 11 is 5.65. The molecule has 2 heterocycles. The topological polar surface area (TPSA) is 57.4 Å². The second kappa shape index (κ2) is 10.0. The van der Waals surface area contributed by atoms with Gasteiger partial charge in [-0.1, -0.05) is 26.3 Å². The van der Waals surface area contributed by atoms with Crippen molar-refractivity contribution < 1.29 is 4.74 Å². The Kier molecular flexibility index (Phi) is 7.45. The van der Waals surface area contributed by atoms with Crippen molar-refractivity contribution in [3.8, 4) is 0 Å². The van der Waals surface area contributed by atoms with Gasteiger partial charge in [0.1, 0.15) is 0 Å². The molecule has 1 fully saturated rings. The molecule has 3 rings (SSSR count). The van der Waals surface area contributed by atoms with E-state index in [4.69, 9.17) is 17.0 Å². The summed E-state index contributed by atoms with van der Waals surface area (Å²) in [6.07, 6.45) is 5.47. The van der Waals surface area contributed by atoms with Gasteiger partial charge in [0, 0.05) is 30.8 Å². The standard InChI is InChI=1S/C22H31N3O2S/c1-3-5-10-23-22(28)25(15-19-7-6-11-27-19)14-18-13-17-12-16(4-2)8-9-20(17)24-21(18)26/h8-9,12-13,19H,3-7,10-11,14-15H2,1-2H3,(H,23,28)(H,24,26)/t19-/m1/s1. The van der Waals surface area contributed by atoms with E-state index < -0.39 is 0 Å². The van der Waals surface area contributed by atoms with Crippen LogP contribution >= 0.6 is 12.2 Å². The first kappa shape index (κ1) is 20.8. The third kappa shape index (κ3) is 5.32. The molecule has 1 saturated heterocycles. The molecule has 1 aromatic heterocycles. The zero-order valence-corrected chi connectivity index (χ0v) is 17.7. The van der Waals surface area contributed by atoms with Gasteiger partial charge in [0.15, 0.2) is 5.11 Å². The number of nitrogens with zero attached hydrogens (tertiary/aromatic N) is 1. The zero-order valence-electron chi connectivity index (χ0n) is 16.9. The molecular weight excluding hydrogens is 370 g/mol. The van der Waals surface area contributed by atoms with E-state index in [9.17, 15) is 4.79 Å². The lowest BCUT2D eigenvalue weighted by atomic mass is 10.1. The Hall–Kier alpha value is -1.92. The number of hydrogen-bond donors (Lipinski definition) is 2. The molecule has 6 heteroatoms. The molecule has 28 heavy (non-hydrogen) atoms. The predicted molar refractivity (Wildman–Crippen MR) is 119 cm³/mol. The highest BCUT2D eigenvalue weighted by Gasteiger charge is 2.22. The number of aromatic nitrogens is 1. The van der Waals surface area contributed by atoms with E-state index >= 15 is 0 Å². The summed E-state index contributed by atoms with van der Waals surface area (Å²) < 4.78 is 5.81. The van der Waals surface area contributed by atoms with Crippen molar-refractivity contribution in [3.05, 3.63) is 45.7 Å². The Morgan fingerprint density at radius 1 is 1.36 bits per heavy atom. The summed E-state index contributed by atoms with van der Waals surface area (Å²) in [5.74, 6) is 0. The Labute approximate surface area is 172 Å². The molecule has 0 saturated carbocycles. The normalized spacial score (nSPS) is 16.4. The van der Waals surface area contributed by atoms with Gasteiger partial charge < -0.3 is 19.9 Å². The van der Waals surface area contributed by atoms with Crippen LogP contribution in [0.4, 0.5) is 0 Å². The summed E-state index contributed by atoms with van der Waals surface area (Å²) in [6, 6.07) is 8.20. The third-order valence-electron chi connectivity index (χ3n) is 5.30. The van der Waals surface area contributed by atoms with Gasteiger partial charge in [-0.05, 0) is 67.0 Å². The molecular formula is C22H31N3O2S. The maximum absolute atomic E-state index is 12.7. The minimum Gasteiger partial charge on any atom is -0.376 e. The van der Waals surface area contributed by atoms with Gasteiger partial charge in [0.05, 0.1) is 12.6 Å². The second-order valence-electron chi connectivity index (χ2n) is 7.50. The number of H-pyrrole nitrogens is 1. The van der Waals surface area contributed by atoms with E-state index in [1.807, 2.05) is 12.1 Å². The molecule has 152 valence electrons. The SMILES string of the molecule is CCCCNC(=S)N(Cc1cc2cc(CC)ccc2[nH]c1=O)C[C@H]1CCCO1. The molecule has 1 aliphatic rings. The maximum Gasteiger partial charge on any atom is 0.253 e. The summed E-state index contributed by atoms with van der Waals surface area (Å²) in [7, 11) is 0. The van der Waals surface area contributed by atoms with E-state index in [-0.39, 0.29) is 11.7 Å². The summed E-state index contributed by atoms with van der Waals surface area (Å²) in [5.41, 5.74) is 2.82. The van der Waals surface area contributed by atoms with Gasteiger partial charge in [-0.15, -0.1) is 0 Å². The van der Waals surface area contributed by atoms with Crippen LogP contribution in [0.3, 0.4) is 0 Å².